The molecule has 1 aromatic carbocycles. The predicted octanol–water partition coefficient (Wildman–Crippen LogP) is 0.802. The molecule has 2 aromatic rings. The summed E-state index contributed by atoms with van der Waals surface area (Å²) in [6, 6.07) is 4.54. The lowest BCUT2D eigenvalue weighted by molar-refractivity contribution is -0.137. The molecule has 0 fully saturated rings. The minimum Gasteiger partial charge on any atom is -0.480 e. The number of aliphatic carboxylic acids is 1. The van der Waals surface area contributed by atoms with Crippen LogP contribution in [0, 0.1) is 0 Å². The van der Waals surface area contributed by atoms with Crippen molar-refractivity contribution < 1.29 is 14.3 Å². The zero-order valence-corrected chi connectivity index (χ0v) is 9.93. The average Bonchev–Trinajstić information content (AvgIpc) is 2.23. The van der Waals surface area contributed by atoms with Crippen LogP contribution in [-0.4, -0.2) is 15.6 Å². The van der Waals surface area contributed by atoms with Crippen molar-refractivity contribution in [3.63, 3.8) is 0 Å². The number of hydrogen-bond acceptors (Lipinski definition) is 4. The number of rotatable bonds is 2. The molecule has 0 radical (unpaired) electrons. The summed E-state index contributed by atoms with van der Waals surface area (Å²) >= 11 is 3.18. The lowest BCUT2D eigenvalue weighted by Gasteiger charge is -2.02. The second kappa shape index (κ2) is 4.17. The smallest absolute Gasteiger partial charge is 0.422 e. The zero-order chi connectivity index (χ0) is 12.6. The standard InChI is InChI=1S/C10H6BrNO5/c11-5-1-2-6-7(3-5)17-10(16)12(9(6)15)4-8(13)14/h1-3H,4H2,(H,13,14). The fourth-order valence-electron chi connectivity index (χ4n) is 1.41. The summed E-state index contributed by atoms with van der Waals surface area (Å²) in [6.07, 6.45) is 0. The Morgan fingerprint density at radius 1 is 1.41 bits per heavy atom. The van der Waals surface area contributed by atoms with Gasteiger partial charge in [0.2, 0.25) is 0 Å². The molecule has 1 aromatic heterocycles. The van der Waals surface area contributed by atoms with Gasteiger partial charge < -0.3 is 9.52 Å². The molecule has 17 heavy (non-hydrogen) atoms. The first-order valence-corrected chi connectivity index (χ1v) is 5.33. The number of carbonyl (C=O) groups is 1. The normalized spacial score (nSPS) is 10.6. The maximum absolute atomic E-state index is 11.8. The van der Waals surface area contributed by atoms with Crippen LogP contribution in [-0.2, 0) is 11.3 Å². The molecule has 1 N–H and O–H groups in total. The fourth-order valence-corrected chi connectivity index (χ4v) is 1.75. The van der Waals surface area contributed by atoms with Crippen LogP contribution in [0.4, 0.5) is 0 Å². The number of carboxylic acids is 1. The lowest BCUT2D eigenvalue weighted by Crippen LogP contribution is -2.35. The van der Waals surface area contributed by atoms with Crippen molar-refractivity contribution in [1.29, 1.82) is 0 Å². The number of hydrogen-bond donors (Lipinski definition) is 1. The molecular formula is C10H6BrNO5. The van der Waals surface area contributed by atoms with E-state index in [0.29, 0.717) is 9.04 Å². The van der Waals surface area contributed by atoms with Gasteiger partial charge in [0.15, 0.2) is 0 Å². The molecule has 0 atom stereocenters. The van der Waals surface area contributed by atoms with E-state index in [2.05, 4.69) is 15.9 Å². The second-order valence-corrected chi connectivity index (χ2v) is 4.21. The van der Waals surface area contributed by atoms with Crippen molar-refractivity contribution in [3.05, 3.63) is 43.6 Å². The highest BCUT2D eigenvalue weighted by atomic mass is 79.9. The Hall–Kier alpha value is -1.89. The van der Waals surface area contributed by atoms with Gasteiger partial charge in [-0.2, -0.15) is 0 Å². The number of fused-ring (bicyclic) bond motifs is 1. The Labute approximate surface area is 102 Å². The van der Waals surface area contributed by atoms with Gasteiger partial charge in [-0.15, -0.1) is 0 Å². The molecule has 88 valence electrons. The molecule has 6 nitrogen and oxygen atoms in total. The average molecular weight is 300 g/mol. The summed E-state index contributed by atoms with van der Waals surface area (Å²) in [7, 11) is 0. The number of carboxylic acid groups (broad SMARTS) is 1. The molecule has 0 saturated carbocycles. The van der Waals surface area contributed by atoms with Crippen molar-refractivity contribution in [1.82, 2.24) is 4.57 Å². The van der Waals surface area contributed by atoms with Gasteiger partial charge in [0.25, 0.3) is 5.56 Å². The van der Waals surface area contributed by atoms with Crippen molar-refractivity contribution in [3.8, 4) is 0 Å². The first-order valence-electron chi connectivity index (χ1n) is 4.54. The summed E-state index contributed by atoms with van der Waals surface area (Å²) in [4.78, 5) is 33.8. The topological polar surface area (TPSA) is 89.5 Å². The van der Waals surface area contributed by atoms with E-state index in [-0.39, 0.29) is 11.0 Å². The predicted molar refractivity (Wildman–Crippen MR) is 62.1 cm³/mol. The number of benzene rings is 1. The molecule has 7 heteroatoms. The van der Waals surface area contributed by atoms with Crippen molar-refractivity contribution in [2.45, 2.75) is 6.54 Å². The van der Waals surface area contributed by atoms with Gasteiger partial charge in [-0.05, 0) is 18.2 Å². The molecule has 0 aliphatic rings. The molecule has 0 spiro atoms. The van der Waals surface area contributed by atoms with Gasteiger partial charge in [-0.3, -0.25) is 9.59 Å². The van der Waals surface area contributed by atoms with Crippen LogP contribution in [0.3, 0.4) is 0 Å². The minimum absolute atomic E-state index is 0.121. The number of nitrogens with zero attached hydrogens (tertiary/aromatic N) is 1. The van der Waals surface area contributed by atoms with Gasteiger partial charge in [0.05, 0.1) is 5.39 Å². The van der Waals surface area contributed by atoms with Gasteiger partial charge in [0.1, 0.15) is 12.1 Å². The van der Waals surface area contributed by atoms with Crippen LogP contribution in [0.15, 0.2) is 36.7 Å². The molecule has 0 bridgehead atoms. The molecule has 0 aliphatic carbocycles. The van der Waals surface area contributed by atoms with Crippen LogP contribution in [0.25, 0.3) is 11.0 Å². The van der Waals surface area contributed by atoms with Gasteiger partial charge in [0, 0.05) is 4.47 Å². The summed E-state index contributed by atoms with van der Waals surface area (Å²) in [5.41, 5.74) is -0.554. The Morgan fingerprint density at radius 3 is 2.76 bits per heavy atom. The summed E-state index contributed by atoms with van der Waals surface area (Å²) in [5.74, 6) is -2.26. The monoisotopic (exact) mass is 299 g/mol. The van der Waals surface area contributed by atoms with Gasteiger partial charge in [-0.25, -0.2) is 9.36 Å². The van der Waals surface area contributed by atoms with E-state index >= 15 is 0 Å². The third kappa shape index (κ3) is 2.14. The molecule has 1 heterocycles. The third-order valence-corrected chi connectivity index (χ3v) is 2.62. The van der Waals surface area contributed by atoms with E-state index in [9.17, 15) is 14.4 Å². The van der Waals surface area contributed by atoms with Crippen molar-refractivity contribution in [2.24, 2.45) is 0 Å². The van der Waals surface area contributed by atoms with Gasteiger partial charge >= 0.3 is 11.7 Å². The fraction of sp³-hybridized carbons (Fsp3) is 0.100. The maximum atomic E-state index is 11.8. The first-order chi connectivity index (χ1) is 7.99. The molecule has 0 saturated heterocycles. The van der Waals surface area contributed by atoms with Crippen molar-refractivity contribution in [2.75, 3.05) is 0 Å². The summed E-state index contributed by atoms with van der Waals surface area (Å²) in [6.45, 7) is -0.715. The van der Waals surface area contributed by atoms with E-state index in [1.165, 1.54) is 12.1 Å². The SMILES string of the molecule is O=C(O)Cn1c(=O)oc2cc(Br)ccc2c1=O. The maximum Gasteiger partial charge on any atom is 0.422 e. The largest absolute Gasteiger partial charge is 0.480 e. The summed E-state index contributed by atoms with van der Waals surface area (Å²) in [5, 5.41) is 8.75. The molecule has 0 amide bonds. The van der Waals surface area contributed by atoms with Gasteiger partial charge in [-0.1, -0.05) is 15.9 Å². The van der Waals surface area contributed by atoms with E-state index in [1.54, 1.807) is 6.07 Å². The first kappa shape index (κ1) is 11.6. The van der Waals surface area contributed by atoms with Crippen LogP contribution in [0.1, 0.15) is 0 Å². The van der Waals surface area contributed by atoms with Crippen molar-refractivity contribution >= 4 is 32.9 Å². The van der Waals surface area contributed by atoms with E-state index in [0.717, 1.165) is 0 Å². The number of aromatic nitrogens is 1. The highest BCUT2D eigenvalue weighted by Crippen LogP contribution is 2.15. The molecule has 2 rings (SSSR count). The quantitative estimate of drug-likeness (QED) is 0.886. The van der Waals surface area contributed by atoms with E-state index < -0.39 is 23.8 Å². The minimum atomic E-state index is -1.28. The highest BCUT2D eigenvalue weighted by molar-refractivity contribution is 9.10. The highest BCUT2D eigenvalue weighted by Gasteiger charge is 2.12. The van der Waals surface area contributed by atoms with Crippen LogP contribution >= 0.6 is 15.9 Å². The summed E-state index contributed by atoms with van der Waals surface area (Å²) < 4.78 is 6.07. The number of halogens is 1. The molecule has 0 aliphatic heterocycles. The Bertz CT molecular complexity index is 715. The van der Waals surface area contributed by atoms with E-state index in [1.807, 2.05) is 0 Å². The Morgan fingerprint density at radius 2 is 2.12 bits per heavy atom. The van der Waals surface area contributed by atoms with Crippen LogP contribution in [0.5, 0.6) is 0 Å². The Kier molecular flexibility index (Phi) is 2.84. The van der Waals surface area contributed by atoms with E-state index in [4.69, 9.17) is 9.52 Å². The third-order valence-electron chi connectivity index (χ3n) is 2.13. The molecular weight excluding hydrogens is 294 g/mol. The zero-order valence-electron chi connectivity index (χ0n) is 8.34. The second-order valence-electron chi connectivity index (χ2n) is 3.29. The molecule has 0 unspecified atom stereocenters. The lowest BCUT2D eigenvalue weighted by atomic mass is 10.2. The van der Waals surface area contributed by atoms with Crippen LogP contribution < -0.4 is 11.3 Å². The Balaban J connectivity index is 2.81. The van der Waals surface area contributed by atoms with Crippen LogP contribution in [0.2, 0.25) is 0 Å².